The molecule has 1 aromatic heterocycles. The minimum atomic E-state index is -0.515. The topological polar surface area (TPSA) is 83.8 Å². The lowest BCUT2D eigenvalue weighted by atomic mass is 10.1. The number of amides is 1. The zero-order valence-electron chi connectivity index (χ0n) is 11.5. The number of rotatable bonds is 6. The molecular weight excluding hydrogens is 311 g/mol. The SMILES string of the molecule is Cl.Cl.NC(Cc1ccccc1)C(=O)NCCc1ncc[nH]1. The van der Waals surface area contributed by atoms with Crippen molar-refractivity contribution in [2.45, 2.75) is 18.9 Å². The average molecular weight is 331 g/mol. The van der Waals surface area contributed by atoms with Gasteiger partial charge in [0.05, 0.1) is 6.04 Å². The van der Waals surface area contributed by atoms with E-state index in [0.29, 0.717) is 19.4 Å². The molecule has 1 atom stereocenters. The first-order chi connectivity index (χ1) is 9.25. The zero-order valence-corrected chi connectivity index (χ0v) is 13.1. The maximum Gasteiger partial charge on any atom is 0.237 e. The number of H-pyrrole nitrogens is 1. The second kappa shape index (κ2) is 10.2. The molecule has 116 valence electrons. The second-order valence-electron chi connectivity index (χ2n) is 4.37. The van der Waals surface area contributed by atoms with Crippen molar-refractivity contribution in [3.8, 4) is 0 Å². The van der Waals surface area contributed by atoms with Crippen LogP contribution >= 0.6 is 24.8 Å². The highest BCUT2D eigenvalue weighted by atomic mass is 35.5. The molecule has 1 unspecified atom stereocenters. The van der Waals surface area contributed by atoms with Gasteiger partial charge in [-0.3, -0.25) is 4.79 Å². The van der Waals surface area contributed by atoms with Crippen LogP contribution in [0, 0.1) is 0 Å². The number of hydrogen-bond donors (Lipinski definition) is 3. The summed E-state index contributed by atoms with van der Waals surface area (Å²) >= 11 is 0. The number of carbonyl (C=O) groups is 1. The number of nitrogens with one attached hydrogen (secondary N) is 2. The number of halogens is 2. The van der Waals surface area contributed by atoms with E-state index in [9.17, 15) is 4.79 Å². The quantitative estimate of drug-likeness (QED) is 0.750. The highest BCUT2D eigenvalue weighted by Gasteiger charge is 2.13. The Hall–Kier alpha value is -1.56. The van der Waals surface area contributed by atoms with Gasteiger partial charge in [-0.05, 0) is 12.0 Å². The van der Waals surface area contributed by atoms with E-state index < -0.39 is 6.04 Å². The smallest absolute Gasteiger partial charge is 0.237 e. The fourth-order valence-corrected chi connectivity index (χ4v) is 1.83. The molecule has 0 bridgehead atoms. The van der Waals surface area contributed by atoms with Crippen molar-refractivity contribution >= 4 is 30.7 Å². The number of nitrogens with zero attached hydrogens (tertiary/aromatic N) is 1. The van der Waals surface area contributed by atoms with Gasteiger partial charge >= 0.3 is 0 Å². The highest BCUT2D eigenvalue weighted by Crippen LogP contribution is 2.01. The van der Waals surface area contributed by atoms with Crippen LogP contribution in [0.15, 0.2) is 42.7 Å². The molecule has 0 radical (unpaired) electrons. The second-order valence-corrected chi connectivity index (χ2v) is 4.37. The van der Waals surface area contributed by atoms with Crippen LogP contribution in [0.3, 0.4) is 0 Å². The van der Waals surface area contributed by atoms with E-state index >= 15 is 0 Å². The number of benzene rings is 1. The van der Waals surface area contributed by atoms with Gasteiger partial charge in [-0.15, -0.1) is 24.8 Å². The fraction of sp³-hybridized carbons (Fsp3) is 0.286. The van der Waals surface area contributed by atoms with Crippen LogP contribution in [0.25, 0.3) is 0 Å². The first kappa shape index (κ1) is 19.4. The van der Waals surface area contributed by atoms with E-state index in [-0.39, 0.29) is 30.7 Å². The zero-order chi connectivity index (χ0) is 13.5. The maximum atomic E-state index is 11.8. The molecule has 2 aromatic rings. The molecule has 0 spiro atoms. The van der Waals surface area contributed by atoms with Crippen LogP contribution in [0.1, 0.15) is 11.4 Å². The summed E-state index contributed by atoms with van der Waals surface area (Å²) < 4.78 is 0. The molecule has 0 aliphatic heterocycles. The minimum absolute atomic E-state index is 0. The first-order valence-electron chi connectivity index (χ1n) is 6.31. The van der Waals surface area contributed by atoms with Gasteiger partial charge in [-0.25, -0.2) is 4.98 Å². The number of imidazole rings is 1. The van der Waals surface area contributed by atoms with Gasteiger partial charge in [-0.2, -0.15) is 0 Å². The summed E-state index contributed by atoms with van der Waals surface area (Å²) in [5.74, 6) is 0.729. The first-order valence-corrected chi connectivity index (χ1v) is 6.31. The van der Waals surface area contributed by atoms with Gasteiger partial charge in [0.25, 0.3) is 0 Å². The normalized spacial score (nSPS) is 10.9. The Morgan fingerprint density at radius 3 is 2.62 bits per heavy atom. The third-order valence-electron chi connectivity index (χ3n) is 2.85. The Balaban J connectivity index is 0.00000200. The fourth-order valence-electron chi connectivity index (χ4n) is 1.83. The summed E-state index contributed by atoms with van der Waals surface area (Å²) in [5.41, 5.74) is 6.94. The Morgan fingerprint density at radius 1 is 1.29 bits per heavy atom. The van der Waals surface area contributed by atoms with Crippen molar-refractivity contribution in [3.05, 3.63) is 54.1 Å². The summed E-state index contributed by atoms with van der Waals surface area (Å²) in [5, 5.41) is 2.82. The van der Waals surface area contributed by atoms with Crippen LogP contribution in [0.2, 0.25) is 0 Å². The lowest BCUT2D eigenvalue weighted by molar-refractivity contribution is -0.122. The highest BCUT2D eigenvalue weighted by molar-refractivity contribution is 5.85. The number of aromatic nitrogens is 2. The molecule has 0 aliphatic carbocycles. The van der Waals surface area contributed by atoms with Crippen LogP contribution in [-0.2, 0) is 17.6 Å². The van der Waals surface area contributed by atoms with E-state index in [1.807, 2.05) is 30.3 Å². The lowest BCUT2D eigenvalue weighted by Crippen LogP contribution is -2.42. The van der Waals surface area contributed by atoms with Gasteiger partial charge in [-0.1, -0.05) is 30.3 Å². The van der Waals surface area contributed by atoms with E-state index in [1.165, 1.54) is 0 Å². The molecule has 2 rings (SSSR count). The Bertz CT molecular complexity index is 505. The van der Waals surface area contributed by atoms with Gasteiger partial charge in [0.15, 0.2) is 0 Å². The van der Waals surface area contributed by atoms with E-state index in [0.717, 1.165) is 11.4 Å². The number of aromatic amines is 1. The van der Waals surface area contributed by atoms with Gasteiger partial charge in [0.2, 0.25) is 5.91 Å². The third-order valence-corrected chi connectivity index (χ3v) is 2.85. The predicted octanol–water partition coefficient (Wildman–Crippen LogP) is 1.48. The van der Waals surface area contributed by atoms with Gasteiger partial charge < -0.3 is 16.0 Å². The molecule has 1 aromatic carbocycles. The summed E-state index contributed by atoms with van der Waals surface area (Å²) in [6.07, 6.45) is 4.68. The average Bonchev–Trinajstić information content (AvgIpc) is 2.93. The van der Waals surface area contributed by atoms with E-state index in [2.05, 4.69) is 15.3 Å². The summed E-state index contributed by atoms with van der Waals surface area (Å²) in [4.78, 5) is 18.9. The Labute approximate surface area is 136 Å². The lowest BCUT2D eigenvalue weighted by Gasteiger charge is -2.11. The van der Waals surface area contributed by atoms with Crippen molar-refractivity contribution in [3.63, 3.8) is 0 Å². The molecule has 4 N–H and O–H groups in total. The molecule has 7 heteroatoms. The monoisotopic (exact) mass is 330 g/mol. The molecule has 0 aliphatic rings. The Kier molecular flexibility index (Phi) is 9.45. The van der Waals surface area contributed by atoms with Crippen LogP contribution < -0.4 is 11.1 Å². The molecule has 0 fully saturated rings. The van der Waals surface area contributed by atoms with Crippen molar-refractivity contribution < 1.29 is 4.79 Å². The van der Waals surface area contributed by atoms with Crippen molar-refractivity contribution in [1.82, 2.24) is 15.3 Å². The molecule has 1 heterocycles. The van der Waals surface area contributed by atoms with E-state index in [1.54, 1.807) is 12.4 Å². The Morgan fingerprint density at radius 2 is 2.00 bits per heavy atom. The molecule has 5 nitrogen and oxygen atoms in total. The molecule has 21 heavy (non-hydrogen) atoms. The summed E-state index contributed by atoms with van der Waals surface area (Å²) in [6, 6.07) is 9.25. The van der Waals surface area contributed by atoms with Gasteiger partial charge in [0, 0.05) is 25.4 Å². The van der Waals surface area contributed by atoms with Crippen molar-refractivity contribution in [2.75, 3.05) is 6.54 Å². The van der Waals surface area contributed by atoms with Gasteiger partial charge in [0.1, 0.15) is 5.82 Å². The molecule has 0 saturated carbocycles. The number of carbonyl (C=O) groups excluding carboxylic acids is 1. The standard InChI is InChI=1S/C14H18N4O.2ClH/c15-12(10-11-4-2-1-3-5-11)14(19)18-7-6-13-16-8-9-17-13;;/h1-5,8-9,12H,6-7,10,15H2,(H,16,17)(H,18,19);2*1H. The number of nitrogens with two attached hydrogens (primary N) is 1. The maximum absolute atomic E-state index is 11.8. The predicted molar refractivity (Wildman–Crippen MR) is 87.9 cm³/mol. The summed E-state index contributed by atoms with van der Waals surface area (Å²) in [6.45, 7) is 0.537. The molecule has 0 saturated heterocycles. The summed E-state index contributed by atoms with van der Waals surface area (Å²) in [7, 11) is 0. The van der Waals surface area contributed by atoms with Crippen molar-refractivity contribution in [1.29, 1.82) is 0 Å². The molecular formula is C14H20Cl2N4O. The van der Waals surface area contributed by atoms with Crippen LogP contribution in [0.4, 0.5) is 0 Å². The van der Waals surface area contributed by atoms with E-state index in [4.69, 9.17) is 5.73 Å². The van der Waals surface area contributed by atoms with Crippen LogP contribution in [-0.4, -0.2) is 28.5 Å². The minimum Gasteiger partial charge on any atom is -0.354 e. The van der Waals surface area contributed by atoms with Crippen LogP contribution in [0.5, 0.6) is 0 Å². The largest absolute Gasteiger partial charge is 0.354 e. The number of hydrogen-bond acceptors (Lipinski definition) is 3. The molecule has 1 amide bonds. The van der Waals surface area contributed by atoms with Crippen molar-refractivity contribution in [2.24, 2.45) is 5.73 Å². The third kappa shape index (κ3) is 6.62.